The Balaban J connectivity index is 1.79. The molecule has 0 fully saturated rings. The molecule has 0 saturated heterocycles. The van der Waals surface area contributed by atoms with Gasteiger partial charge in [-0.15, -0.1) is 0 Å². The summed E-state index contributed by atoms with van der Waals surface area (Å²) in [6.45, 7) is 2.10. The third kappa shape index (κ3) is 2.41. The van der Waals surface area contributed by atoms with Gasteiger partial charge in [-0.25, -0.2) is 0 Å². The van der Waals surface area contributed by atoms with Crippen LogP contribution in [0.25, 0.3) is 0 Å². The van der Waals surface area contributed by atoms with Gasteiger partial charge >= 0.3 is 0 Å². The summed E-state index contributed by atoms with van der Waals surface area (Å²) in [4.78, 5) is 4.47. The molecule has 19 heavy (non-hydrogen) atoms. The van der Waals surface area contributed by atoms with Crippen LogP contribution in [0.2, 0.25) is 0 Å². The average Bonchev–Trinajstić information content (AvgIpc) is 2.85. The van der Waals surface area contributed by atoms with Crippen molar-refractivity contribution in [3.63, 3.8) is 0 Å². The Hall–Kier alpha value is -1.67. The number of aryl methyl sites for hydroxylation is 2. The predicted octanol–water partition coefficient (Wildman–Crippen LogP) is 3.02. The minimum Gasteiger partial charge on any atom is -0.392 e. The van der Waals surface area contributed by atoms with Gasteiger partial charge in [-0.3, -0.25) is 4.98 Å². The highest BCUT2D eigenvalue weighted by atomic mass is 16.3. The van der Waals surface area contributed by atoms with E-state index in [4.69, 9.17) is 0 Å². The molecule has 1 aliphatic rings. The molecule has 98 valence electrons. The molecular weight excluding hydrogens is 234 g/mol. The molecule has 0 spiro atoms. The fourth-order valence-electron chi connectivity index (χ4n) is 3.03. The van der Waals surface area contributed by atoms with Crippen molar-refractivity contribution in [2.24, 2.45) is 0 Å². The van der Waals surface area contributed by atoms with E-state index >= 15 is 0 Å². The second kappa shape index (κ2) is 5.14. The Morgan fingerprint density at radius 2 is 2.11 bits per heavy atom. The molecule has 1 aromatic carbocycles. The van der Waals surface area contributed by atoms with Gasteiger partial charge in [-0.05, 0) is 48.9 Å². The first-order chi connectivity index (χ1) is 9.25. The zero-order valence-electron chi connectivity index (χ0n) is 11.2. The zero-order valence-corrected chi connectivity index (χ0v) is 11.2. The highest BCUT2D eigenvalue weighted by molar-refractivity contribution is 5.31. The molecular formula is C17H19NO. The molecule has 0 radical (unpaired) electrons. The van der Waals surface area contributed by atoms with Crippen LogP contribution in [0.3, 0.4) is 0 Å². The number of hydrogen-bond acceptors (Lipinski definition) is 2. The van der Waals surface area contributed by atoms with Crippen LogP contribution in [-0.4, -0.2) is 16.2 Å². The Morgan fingerprint density at radius 1 is 1.26 bits per heavy atom. The maximum atomic E-state index is 10.5. The normalized spacial score (nSPS) is 19.2. The Kier molecular flexibility index (Phi) is 3.34. The number of aliphatic hydroxyl groups is 1. The monoisotopic (exact) mass is 253 g/mol. The van der Waals surface area contributed by atoms with Crippen LogP contribution in [0.5, 0.6) is 0 Å². The predicted molar refractivity (Wildman–Crippen MR) is 76.2 cm³/mol. The number of aliphatic hydroxyl groups excluding tert-OH is 1. The zero-order chi connectivity index (χ0) is 13.2. The smallest absolute Gasteiger partial charge is 0.0664 e. The second-order valence-corrected chi connectivity index (χ2v) is 5.39. The molecule has 1 heterocycles. The van der Waals surface area contributed by atoms with Crippen molar-refractivity contribution >= 4 is 0 Å². The number of hydrogen-bond donors (Lipinski definition) is 1. The molecule has 2 unspecified atom stereocenters. The van der Waals surface area contributed by atoms with Crippen LogP contribution < -0.4 is 0 Å². The summed E-state index contributed by atoms with van der Waals surface area (Å²) in [5.41, 5.74) is 4.89. The SMILES string of the molecule is Cc1ccccc1CC(O)C1CCc2cccnc21. The Bertz CT molecular complexity index is 579. The van der Waals surface area contributed by atoms with E-state index in [1.807, 2.05) is 24.4 Å². The molecule has 1 N–H and O–H groups in total. The van der Waals surface area contributed by atoms with Crippen LogP contribution in [0.15, 0.2) is 42.6 Å². The minimum absolute atomic E-state index is 0.191. The summed E-state index contributed by atoms with van der Waals surface area (Å²) in [7, 11) is 0. The third-order valence-corrected chi connectivity index (χ3v) is 4.16. The third-order valence-electron chi connectivity index (χ3n) is 4.16. The van der Waals surface area contributed by atoms with E-state index in [9.17, 15) is 5.11 Å². The van der Waals surface area contributed by atoms with Crippen LogP contribution in [0.4, 0.5) is 0 Å². The molecule has 0 aliphatic heterocycles. The van der Waals surface area contributed by atoms with Crippen molar-refractivity contribution < 1.29 is 5.11 Å². The number of nitrogens with zero attached hydrogens (tertiary/aromatic N) is 1. The van der Waals surface area contributed by atoms with Gasteiger partial charge in [0, 0.05) is 17.8 Å². The number of aromatic nitrogens is 1. The molecule has 2 atom stereocenters. The summed E-state index contributed by atoms with van der Waals surface area (Å²) >= 11 is 0. The van der Waals surface area contributed by atoms with Gasteiger partial charge in [-0.1, -0.05) is 30.3 Å². The molecule has 2 heteroatoms. The summed E-state index contributed by atoms with van der Waals surface area (Å²) in [5.74, 6) is 0.191. The van der Waals surface area contributed by atoms with E-state index in [0.717, 1.165) is 18.5 Å². The lowest BCUT2D eigenvalue weighted by Gasteiger charge is -2.19. The summed E-state index contributed by atoms with van der Waals surface area (Å²) in [6, 6.07) is 12.4. The largest absolute Gasteiger partial charge is 0.392 e. The minimum atomic E-state index is -0.336. The fraction of sp³-hybridized carbons (Fsp3) is 0.353. The first-order valence-electron chi connectivity index (χ1n) is 6.92. The number of pyridine rings is 1. The van der Waals surface area contributed by atoms with Crippen LogP contribution in [0, 0.1) is 6.92 Å². The van der Waals surface area contributed by atoms with E-state index in [2.05, 4.69) is 30.1 Å². The van der Waals surface area contributed by atoms with Crippen LogP contribution in [-0.2, 0) is 12.8 Å². The molecule has 2 aromatic rings. The van der Waals surface area contributed by atoms with E-state index in [1.54, 1.807) is 0 Å². The van der Waals surface area contributed by atoms with Crippen molar-refractivity contribution in [1.82, 2.24) is 4.98 Å². The summed E-state index contributed by atoms with van der Waals surface area (Å²) in [5, 5.41) is 10.5. The quantitative estimate of drug-likeness (QED) is 0.912. The Labute approximate surface area is 114 Å². The van der Waals surface area contributed by atoms with Gasteiger partial charge < -0.3 is 5.11 Å². The van der Waals surface area contributed by atoms with E-state index in [-0.39, 0.29) is 12.0 Å². The maximum Gasteiger partial charge on any atom is 0.0664 e. The van der Waals surface area contributed by atoms with Gasteiger partial charge in [0.1, 0.15) is 0 Å². The van der Waals surface area contributed by atoms with Gasteiger partial charge in [-0.2, -0.15) is 0 Å². The molecule has 2 nitrogen and oxygen atoms in total. The van der Waals surface area contributed by atoms with E-state index in [0.29, 0.717) is 6.42 Å². The van der Waals surface area contributed by atoms with Gasteiger partial charge in [0.15, 0.2) is 0 Å². The topological polar surface area (TPSA) is 33.1 Å². The van der Waals surface area contributed by atoms with Crippen molar-refractivity contribution in [1.29, 1.82) is 0 Å². The number of benzene rings is 1. The van der Waals surface area contributed by atoms with E-state index < -0.39 is 0 Å². The summed E-state index contributed by atoms with van der Waals surface area (Å²) in [6.07, 6.45) is 4.26. The highest BCUT2D eigenvalue weighted by Crippen LogP contribution is 2.34. The summed E-state index contributed by atoms with van der Waals surface area (Å²) < 4.78 is 0. The lowest BCUT2D eigenvalue weighted by Crippen LogP contribution is -2.20. The molecule has 1 aliphatic carbocycles. The maximum absolute atomic E-state index is 10.5. The number of fused-ring (bicyclic) bond motifs is 1. The standard InChI is InChI=1S/C17H19NO/c1-12-5-2-3-6-14(12)11-16(19)15-9-8-13-7-4-10-18-17(13)15/h2-7,10,15-16,19H,8-9,11H2,1H3. The molecule has 1 aromatic heterocycles. The first kappa shape index (κ1) is 12.4. The highest BCUT2D eigenvalue weighted by Gasteiger charge is 2.29. The first-order valence-corrected chi connectivity index (χ1v) is 6.92. The van der Waals surface area contributed by atoms with Crippen molar-refractivity contribution in [2.75, 3.05) is 0 Å². The Morgan fingerprint density at radius 3 is 2.95 bits per heavy atom. The average molecular weight is 253 g/mol. The van der Waals surface area contributed by atoms with E-state index in [1.165, 1.54) is 16.7 Å². The molecule has 0 bridgehead atoms. The van der Waals surface area contributed by atoms with Gasteiger partial charge in [0.05, 0.1) is 6.10 Å². The van der Waals surface area contributed by atoms with Crippen LogP contribution >= 0.6 is 0 Å². The van der Waals surface area contributed by atoms with Crippen molar-refractivity contribution in [2.45, 2.75) is 38.2 Å². The van der Waals surface area contributed by atoms with Crippen molar-refractivity contribution in [3.05, 3.63) is 65.0 Å². The van der Waals surface area contributed by atoms with Gasteiger partial charge in [0.2, 0.25) is 0 Å². The lowest BCUT2D eigenvalue weighted by molar-refractivity contribution is 0.141. The second-order valence-electron chi connectivity index (χ2n) is 5.39. The fourth-order valence-corrected chi connectivity index (χ4v) is 3.03. The molecule has 0 amide bonds. The molecule has 3 rings (SSSR count). The van der Waals surface area contributed by atoms with Crippen molar-refractivity contribution in [3.8, 4) is 0 Å². The number of rotatable bonds is 3. The van der Waals surface area contributed by atoms with Gasteiger partial charge in [0.25, 0.3) is 0 Å². The lowest BCUT2D eigenvalue weighted by atomic mass is 9.92. The molecule has 0 saturated carbocycles. The van der Waals surface area contributed by atoms with Crippen LogP contribution in [0.1, 0.15) is 34.7 Å².